The van der Waals surface area contributed by atoms with Crippen LogP contribution in [0.15, 0.2) is 39.0 Å². The number of nitrogens with one attached hydrogen (secondary N) is 2. The summed E-state index contributed by atoms with van der Waals surface area (Å²) in [6.07, 6.45) is 0. The number of aromatic nitrogens is 4. The zero-order valence-electron chi connectivity index (χ0n) is 15.2. The monoisotopic (exact) mass is 372 g/mol. The van der Waals surface area contributed by atoms with Gasteiger partial charge < -0.3 is 14.4 Å². The molecular formula is C17H20N6O4. The highest BCUT2D eigenvalue weighted by molar-refractivity contribution is 6.01. The van der Waals surface area contributed by atoms with Gasteiger partial charge in [-0.25, -0.2) is 10.2 Å². The molecule has 3 rings (SSSR count). The van der Waals surface area contributed by atoms with Crippen LogP contribution in [0.1, 0.15) is 12.5 Å². The third-order valence-corrected chi connectivity index (χ3v) is 4.14. The average molecular weight is 372 g/mol. The Morgan fingerprint density at radius 3 is 2.81 bits per heavy atom. The number of ether oxygens (including phenoxy) is 1. The molecule has 2 heterocycles. The van der Waals surface area contributed by atoms with Crippen molar-refractivity contribution in [3.63, 3.8) is 0 Å². The fourth-order valence-corrected chi connectivity index (χ4v) is 2.69. The van der Waals surface area contributed by atoms with Gasteiger partial charge in [-0.15, -0.1) is 0 Å². The third kappa shape index (κ3) is 3.47. The van der Waals surface area contributed by atoms with E-state index in [0.29, 0.717) is 24.4 Å². The number of para-hydroxylation sites is 1. The van der Waals surface area contributed by atoms with Crippen molar-refractivity contribution in [2.75, 3.05) is 19.1 Å². The summed E-state index contributed by atoms with van der Waals surface area (Å²) in [7, 11) is 3.07. The Kier molecular flexibility index (Phi) is 5.08. The molecule has 1 aromatic carbocycles. The number of aromatic amines is 1. The van der Waals surface area contributed by atoms with Gasteiger partial charge in [0.2, 0.25) is 5.95 Å². The molecule has 0 aliphatic carbocycles. The van der Waals surface area contributed by atoms with Gasteiger partial charge >= 0.3 is 5.69 Å². The molecule has 0 aliphatic heterocycles. The number of rotatable bonds is 6. The number of aromatic hydroxyl groups is 1. The summed E-state index contributed by atoms with van der Waals surface area (Å²) in [5.41, 5.74) is 3.30. The number of anilines is 1. The highest BCUT2D eigenvalue weighted by Gasteiger charge is 2.17. The van der Waals surface area contributed by atoms with Crippen LogP contribution in [0.25, 0.3) is 11.2 Å². The minimum Gasteiger partial charge on any atom is -0.507 e. The van der Waals surface area contributed by atoms with E-state index in [4.69, 9.17) is 4.74 Å². The van der Waals surface area contributed by atoms with Crippen LogP contribution in [0.5, 0.6) is 5.75 Å². The molecule has 0 aliphatic rings. The largest absolute Gasteiger partial charge is 0.507 e. The summed E-state index contributed by atoms with van der Waals surface area (Å²) >= 11 is 0. The van der Waals surface area contributed by atoms with Gasteiger partial charge in [-0.2, -0.15) is 10.1 Å². The van der Waals surface area contributed by atoms with Gasteiger partial charge in [-0.1, -0.05) is 12.1 Å². The maximum Gasteiger partial charge on any atom is 0.329 e. The Labute approximate surface area is 153 Å². The highest BCUT2D eigenvalue weighted by Crippen LogP contribution is 2.18. The van der Waals surface area contributed by atoms with Crippen LogP contribution < -0.4 is 16.7 Å². The Hall–Kier alpha value is -3.40. The van der Waals surface area contributed by atoms with Crippen molar-refractivity contribution in [1.29, 1.82) is 0 Å². The van der Waals surface area contributed by atoms with Crippen molar-refractivity contribution < 1.29 is 9.84 Å². The van der Waals surface area contributed by atoms with E-state index in [9.17, 15) is 14.7 Å². The number of phenolic OH excluding ortho intramolecular Hbond substituents is 1. The van der Waals surface area contributed by atoms with E-state index in [1.165, 1.54) is 11.6 Å². The second kappa shape index (κ2) is 7.46. The maximum absolute atomic E-state index is 12.3. The van der Waals surface area contributed by atoms with Crippen molar-refractivity contribution >= 4 is 22.8 Å². The molecule has 0 radical (unpaired) electrons. The normalized spacial score (nSPS) is 11.9. The molecule has 0 saturated heterocycles. The van der Waals surface area contributed by atoms with Crippen LogP contribution in [0.3, 0.4) is 0 Å². The van der Waals surface area contributed by atoms with E-state index in [1.54, 1.807) is 42.9 Å². The molecule has 0 fully saturated rings. The number of imidazole rings is 1. The first-order valence-electron chi connectivity index (χ1n) is 8.21. The molecule has 142 valence electrons. The van der Waals surface area contributed by atoms with Crippen molar-refractivity contribution in [1.82, 2.24) is 19.1 Å². The Morgan fingerprint density at radius 2 is 2.11 bits per heavy atom. The number of aryl methyl sites for hydroxylation is 1. The van der Waals surface area contributed by atoms with Gasteiger partial charge in [0, 0.05) is 26.3 Å². The number of hydrogen-bond donors (Lipinski definition) is 3. The molecule has 3 N–H and O–H groups in total. The standard InChI is InChI=1S/C17H20N6O4/c1-10(11-6-4-5-7-12(11)24)20-21-16-18-14-13(23(16)8-9-27-3)15(25)19-17(26)22(14)2/h4-7,24H,8-9H2,1-3H3,(H,18,21)(H,19,25,26). The predicted octanol–water partition coefficient (Wildman–Crippen LogP) is 0.611. The predicted molar refractivity (Wildman–Crippen MR) is 101 cm³/mol. The molecule has 27 heavy (non-hydrogen) atoms. The minimum atomic E-state index is -0.552. The van der Waals surface area contributed by atoms with Crippen LogP contribution in [-0.2, 0) is 18.3 Å². The number of nitrogens with zero attached hydrogens (tertiary/aromatic N) is 4. The SMILES string of the molecule is COCCn1c(NN=C(C)c2ccccc2O)nc2c1c(=O)[nH]c(=O)n2C. The maximum atomic E-state index is 12.3. The topological polar surface area (TPSA) is 127 Å². The van der Waals surface area contributed by atoms with Crippen LogP contribution in [-0.4, -0.2) is 43.6 Å². The Bertz CT molecular complexity index is 1120. The van der Waals surface area contributed by atoms with Gasteiger partial charge in [0.05, 0.1) is 12.3 Å². The lowest BCUT2D eigenvalue weighted by Crippen LogP contribution is -2.29. The lowest BCUT2D eigenvalue weighted by atomic mass is 10.1. The minimum absolute atomic E-state index is 0.104. The van der Waals surface area contributed by atoms with Gasteiger partial charge in [0.1, 0.15) is 5.75 Å². The van der Waals surface area contributed by atoms with Crippen LogP contribution >= 0.6 is 0 Å². The van der Waals surface area contributed by atoms with E-state index in [2.05, 4.69) is 20.5 Å². The first-order valence-corrected chi connectivity index (χ1v) is 8.21. The molecule has 0 unspecified atom stereocenters. The number of fused-ring (bicyclic) bond motifs is 1. The molecular weight excluding hydrogens is 352 g/mol. The fourth-order valence-electron chi connectivity index (χ4n) is 2.69. The highest BCUT2D eigenvalue weighted by atomic mass is 16.5. The van der Waals surface area contributed by atoms with Crippen molar-refractivity contribution in [3.8, 4) is 5.75 Å². The van der Waals surface area contributed by atoms with E-state index in [0.717, 1.165) is 0 Å². The molecule has 2 aromatic heterocycles. The van der Waals surface area contributed by atoms with E-state index < -0.39 is 11.2 Å². The second-order valence-electron chi connectivity index (χ2n) is 5.90. The van der Waals surface area contributed by atoms with Gasteiger partial charge in [0.25, 0.3) is 5.56 Å². The molecule has 0 amide bonds. The van der Waals surface area contributed by atoms with Crippen LogP contribution in [0.2, 0.25) is 0 Å². The second-order valence-corrected chi connectivity index (χ2v) is 5.90. The molecule has 0 bridgehead atoms. The quantitative estimate of drug-likeness (QED) is 0.430. The zero-order valence-corrected chi connectivity index (χ0v) is 15.2. The smallest absolute Gasteiger partial charge is 0.329 e. The summed E-state index contributed by atoms with van der Waals surface area (Å²) in [6, 6.07) is 6.81. The lowest BCUT2D eigenvalue weighted by molar-refractivity contribution is 0.188. The van der Waals surface area contributed by atoms with Crippen LogP contribution in [0.4, 0.5) is 5.95 Å². The van der Waals surface area contributed by atoms with E-state index in [-0.39, 0.29) is 22.9 Å². The first kappa shape index (κ1) is 18.4. The van der Waals surface area contributed by atoms with Gasteiger partial charge in [-0.3, -0.25) is 14.3 Å². The Balaban J connectivity index is 2.08. The molecule has 10 nitrogen and oxygen atoms in total. The summed E-state index contributed by atoms with van der Waals surface area (Å²) in [5.74, 6) is 0.385. The molecule has 3 aromatic rings. The lowest BCUT2D eigenvalue weighted by Gasteiger charge is -2.08. The van der Waals surface area contributed by atoms with E-state index >= 15 is 0 Å². The van der Waals surface area contributed by atoms with Crippen molar-refractivity contribution in [2.45, 2.75) is 13.5 Å². The average Bonchev–Trinajstić information content (AvgIpc) is 3.02. The summed E-state index contributed by atoms with van der Waals surface area (Å²) in [6.45, 7) is 2.40. The fraction of sp³-hybridized carbons (Fsp3) is 0.294. The number of hydrogen-bond acceptors (Lipinski definition) is 7. The van der Waals surface area contributed by atoms with Crippen LogP contribution in [0, 0.1) is 0 Å². The van der Waals surface area contributed by atoms with Crippen molar-refractivity contribution in [3.05, 3.63) is 50.7 Å². The first-order chi connectivity index (χ1) is 12.9. The summed E-state index contributed by atoms with van der Waals surface area (Å²) in [5, 5.41) is 14.2. The molecule has 0 saturated carbocycles. The van der Waals surface area contributed by atoms with Gasteiger partial charge in [-0.05, 0) is 19.1 Å². The number of benzene rings is 1. The summed E-state index contributed by atoms with van der Waals surface area (Å²) < 4.78 is 7.95. The Morgan fingerprint density at radius 1 is 1.37 bits per heavy atom. The zero-order chi connectivity index (χ0) is 19.6. The number of hydrazone groups is 1. The third-order valence-electron chi connectivity index (χ3n) is 4.14. The van der Waals surface area contributed by atoms with E-state index in [1.807, 2.05) is 0 Å². The number of H-pyrrole nitrogens is 1. The summed E-state index contributed by atoms with van der Waals surface area (Å²) in [4.78, 5) is 30.7. The number of phenols is 1. The van der Waals surface area contributed by atoms with Gasteiger partial charge in [0.15, 0.2) is 11.2 Å². The molecule has 10 heteroatoms. The molecule has 0 atom stereocenters. The van der Waals surface area contributed by atoms with Crippen molar-refractivity contribution in [2.24, 2.45) is 12.1 Å². The number of methoxy groups -OCH3 is 1. The molecule has 0 spiro atoms.